The highest BCUT2D eigenvalue weighted by Gasteiger charge is 2.33. The molecular formula is C28H28ClFN8OS. The van der Waals surface area contributed by atoms with E-state index < -0.39 is 5.82 Å². The normalized spacial score (nSPS) is 16.7. The van der Waals surface area contributed by atoms with Crippen molar-refractivity contribution in [2.24, 2.45) is 0 Å². The van der Waals surface area contributed by atoms with Crippen molar-refractivity contribution in [1.82, 2.24) is 29.4 Å². The number of halogens is 2. The molecule has 0 spiro atoms. The SMILES string of the molecule is CN(C)CCn1cc(-c2ccc(F)c(Cl)c2)nc1C1CCN(c2ncnc3c2C(=Cc2cncs2)C(=O)N3)CC1. The molecule has 1 aromatic carbocycles. The Labute approximate surface area is 240 Å². The molecule has 3 aromatic heterocycles. The Kier molecular flexibility index (Phi) is 7.35. The molecule has 0 aliphatic carbocycles. The lowest BCUT2D eigenvalue weighted by Gasteiger charge is -2.33. The molecule has 12 heteroatoms. The van der Waals surface area contributed by atoms with Crippen LogP contribution in [0, 0.1) is 5.82 Å². The highest BCUT2D eigenvalue weighted by Crippen LogP contribution is 2.40. The zero-order valence-corrected chi connectivity index (χ0v) is 23.7. The van der Waals surface area contributed by atoms with Gasteiger partial charge in [-0.05, 0) is 51.2 Å². The number of piperidine rings is 1. The van der Waals surface area contributed by atoms with E-state index in [0.717, 1.165) is 72.4 Å². The molecule has 40 heavy (non-hydrogen) atoms. The van der Waals surface area contributed by atoms with Crippen molar-refractivity contribution in [3.63, 3.8) is 0 Å². The summed E-state index contributed by atoms with van der Waals surface area (Å²) in [5.74, 6) is 1.93. The Morgan fingerprint density at radius 2 is 2.08 bits per heavy atom. The van der Waals surface area contributed by atoms with E-state index in [4.69, 9.17) is 16.6 Å². The lowest BCUT2D eigenvalue weighted by molar-refractivity contribution is -0.110. The lowest BCUT2D eigenvalue weighted by Crippen LogP contribution is -2.35. The fraction of sp³-hybridized carbons (Fsp3) is 0.321. The first-order valence-electron chi connectivity index (χ1n) is 13.1. The first-order chi connectivity index (χ1) is 19.4. The predicted octanol–water partition coefficient (Wildman–Crippen LogP) is 5.03. The maximum atomic E-state index is 13.8. The number of thiazole rings is 1. The van der Waals surface area contributed by atoms with E-state index in [1.54, 1.807) is 23.8 Å². The van der Waals surface area contributed by atoms with Gasteiger partial charge in [0.2, 0.25) is 0 Å². The number of fused-ring (bicyclic) bond motifs is 1. The zero-order valence-electron chi connectivity index (χ0n) is 22.1. The van der Waals surface area contributed by atoms with Gasteiger partial charge in [-0.15, -0.1) is 11.3 Å². The van der Waals surface area contributed by atoms with Gasteiger partial charge >= 0.3 is 0 Å². The molecular weight excluding hydrogens is 551 g/mol. The number of anilines is 2. The molecule has 1 fully saturated rings. The summed E-state index contributed by atoms with van der Waals surface area (Å²) in [6.07, 6.45) is 8.88. The van der Waals surface area contributed by atoms with Gasteiger partial charge in [-0.25, -0.2) is 19.3 Å². The van der Waals surface area contributed by atoms with Crippen LogP contribution in [0.4, 0.5) is 16.0 Å². The van der Waals surface area contributed by atoms with Gasteiger partial charge in [-0.2, -0.15) is 0 Å². The number of likely N-dealkylation sites (N-methyl/N-ethyl adjacent to an activating group) is 1. The number of hydrogen-bond acceptors (Lipinski definition) is 8. The molecule has 0 saturated carbocycles. The molecule has 206 valence electrons. The van der Waals surface area contributed by atoms with E-state index in [1.165, 1.54) is 23.7 Å². The molecule has 1 amide bonds. The van der Waals surface area contributed by atoms with Crippen molar-refractivity contribution in [2.75, 3.05) is 43.9 Å². The Morgan fingerprint density at radius 3 is 2.80 bits per heavy atom. The van der Waals surface area contributed by atoms with E-state index in [9.17, 15) is 9.18 Å². The Morgan fingerprint density at radius 1 is 1.25 bits per heavy atom. The van der Waals surface area contributed by atoms with Crippen LogP contribution < -0.4 is 10.2 Å². The van der Waals surface area contributed by atoms with Crippen molar-refractivity contribution in [2.45, 2.75) is 25.3 Å². The Hall–Kier alpha value is -3.67. The van der Waals surface area contributed by atoms with Crippen molar-refractivity contribution < 1.29 is 9.18 Å². The van der Waals surface area contributed by atoms with Crippen molar-refractivity contribution in [1.29, 1.82) is 0 Å². The molecule has 1 saturated heterocycles. The Balaban J connectivity index is 1.26. The van der Waals surface area contributed by atoms with Crippen LogP contribution in [0.25, 0.3) is 22.9 Å². The third-order valence-corrected chi connectivity index (χ3v) is 8.29. The third-order valence-electron chi connectivity index (χ3n) is 7.28. The summed E-state index contributed by atoms with van der Waals surface area (Å²) < 4.78 is 16.0. The van der Waals surface area contributed by atoms with Gasteiger partial charge in [0.05, 0.1) is 27.4 Å². The summed E-state index contributed by atoms with van der Waals surface area (Å²) >= 11 is 7.55. The van der Waals surface area contributed by atoms with Gasteiger partial charge in [0, 0.05) is 54.9 Å². The molecule has 4 aromatic rings. The van der Waals surface area contributed by atoms with Crippen LogP contribution in [0.2, 0.25) is 5.02 Å². The van der Waals surface area contributed by atoms with Crippen LogP contribution in [0.3, 0.4) is 0 Å². The van der Waals surface area contributed by atoms with Gasteiger partial charge in [0.25, 0.3) is 5.91 Å². The second-order valence-electron chi connectivity index (χ2n) is 10.2. The topological polar surface area (TPSA) is 92.1 Å². The average molecular weight is 579 g/mol. The number of carbonyl (C=O) groups is 1. The van der Waals surface area contributed by atoms with Crippen LogP contribution >= 0.6 is 22.9 Å². The number of carbonyl (C=O) groups excluding carboxylic acids is 1. The third kappa shape index (κ3) is 5.24. The van der Waals surface area contributed by atoms with Crippen molar-refractivity contribution in [3.8, 4) is 11.3 Å². The summed E-state index contributed by atoms with van der Waals surface area (Å²) in [5.41, 5.74) is 4.61. The van der Waals surface area contributed by atoms with Crippen LogP contribution in [0.15, 0.2) is 42.4 Å². The second-order valence-corrected chi connectivity index (χ2v) is 11.5. The summed E-state index contributed by atoms with van der Waals surface area (Å²) in [5, 5.41) is 2.97. The van der Waals surface area contributed by atoms with E-state index in [0.29, 0.717) is 11.4 Å². The molecule has 2 aliphatic rings. The maximum Gasteiger partial charge on any atom is 0.257 e. The maximum absolute atomic E-state index is 13.8. The van der Waals surface area contributed by atoms with Gasteiger partial charge in [0.1, 0.15) is 29.6 Å². The highest BCUT2D eigenvalue weighted by molar-refractivity contribution is 7.10. The number of nitrogens with one attached hydrogen (secondary N) is 1. The summed E-state index contributed by atoms with van der Waals surface area (Å²) in [7, 11) is 4.10. The van der Waals surface area contributed by atoms with E-state index in [2.05, 4.69) is 34.6 Å². The molecule has 0 unspecified atom stereocenters. The van der Waals surface area contributed by atoms with E-state index in [-0.39, 0.29) is 16.8 Å². The number of aromatic nitrogens is 5. The quantitative estimate of drug-likeness (QED) is 0.308. The molecule has 1 N–H and O–H groups in total. The minimum Gasteiger partial charge on any atom is -0.356 e. The number of imidazole rings is 1. The van der Waals surface area contributed by atoms with Crippen LogP contribution in [0.5, 0.6) is 0 Å². The number of nitrogens with zero attached hydrogens (tertiary/aromatic N) is 7. The predicted molar refractivity (Wildman–Crippen MR) is 156 cm³/mol. The van der Waals surface area contributed by atoms with Gasteiger partial charge < -0.3 is 19.7 Å². The number of hydrogen-bond donors (Lipinski definition) is 1. The van der Waals surface area contributed by atoms with E-state index >= 15 is 0 Å². The van der Waals surface area contributed by atoms with Crippen molar-refractivity contribution in [3.05, 3.63) is 69.5 Å². The second kappa shape index (κ2) is 11.1. The van der Waals surface area contributed by atoms with E-state index in [1.807, 2.05) is 26.4 Å². The zero-order chi connectivity index (χ0) is 27.8. The molecule has 9 nitrogen and oxygen atoms in total. The fourth-order valence-electron chi connectivity index (χ4n) is 5.21. The highest BCUT2D eigenvalue weighted by atomic mass is 35.5. The largest absolute Gasteiger partial charge is 0.356 e. The smallest absolute Gasteiger partial charge is 0.257 e. The number of amides is 1. The minimum absolute atomic E-state index is 0.0873. The minimum atomic E-state index is -0.441. The summed E-state index contributed by atoms with van der Waals surface area (Å²) in [4.78, 5) is 36.2. The van der Waals surface area contributed by atoms with Crippen LogP contribution in [-0.2, 0) is 11.3 Å². The molecule has 6 rings (SSSR count). The molecule has 0 radical (unpaired) electrons. The monoisotopic (exact) mass is 578 g/mol. The van der Waals surface area contributed by atoms with Crippen molar-refractivity contribution >= 4 is 52.1 Å². The average Bonchev–Trinajstić information content (AvgIpc) is 3.69. The number of benzene rings is 1. The number of rotatable bonds is 7. The first-order valence-corrected chi connectivity index (χ1v) is 14.3. The van der Waals surface area contributed by atoms with Gasteiger partial charge in [-0.1, -0.05) is 11.6 Å². The van der Waals surface area contributed by atoms with Gasteiger partial charge in [0.15, 0.2) is 0 Å². The van der Waals surface area contributed by atoms with Gasteiger partial charge in [-0.3, -0.25) is 9.78 Å². The Bertz CT molecular complexity index is 1580. The first kappa shape index (κ1) is 26.5. The fourth-order valence-corrected chi connectivity index (χ4v) is 5.94. The van der Waals surface area contributed by atoms with Crippen LogP contribution in [-0.4, -0.2) is 69.0 Å². The molecule has 2 aliphatic heterocycles. The molecule has 0 bridgehead atoms. The molecule has 5 heterocycles. The van der Waals surface area contributed by atoms with Crippen LogP contribution in [0.1, 0.15) is 35.0 Å². The summed E-state index contributed by atoms with van der Waals surface area (Å²) in [6, 6.07) is 4.73. The standard InChI is InChI=1S/C28H28ClFN8OS/c1-36(2)9-10-38-14-23(18-3-4-22(30)21(29)11-18)34-26(38)17-5-7-37(8-6-17)27-24-20(12-19-13-31-16-40-19)28(39)35-25(24)32-15-33-27/h3-4,11-17H,5-10H2,1-2H3,(H,32,33,35,39). The molecule has 0 atom stereocenters. The summed E-state index contributed by atoms with van der Waals surface area (Å²) in [6.45, 7) is 3.18. The lowest BCUT2D eigenvalue weighted by atomic mass is 9.95.